The van der Waals surface area contributed by atoms with Crippen molar-refractivity contribution in [2.45, 2.75) is 26.9 Å². The first-order valence-electron chi connectivity index (χ1n) is 5.66. The van der Waals surface area contributed by atoms with E-state index in [1.165, 1.54) is 0 Å². The molecule has 0 saturated carbocycles. The quantitative estimate of drug-likeness (QED) is 0.737. The number of hydrogen-bond donors (Lipinski definition) is 2. The first-order chi connectivity index (χ1) is 8.47. The number of aromatic nitrogens is 2. The van der Waals surface area contributed by atoms with Crippen molar-refractivity contribution in [1.82, 2.24) is 9.97 Å². The topological polar surface area (TPSA) is 99.4 Å². The van der Waals surface area contributed by atoms with Crippen LogP contribution in [-0.4, -0.2) is 35.3 Å². The number of primary amides is 1. The Morgan fingerprint density at radius 3 is 2.83 bits per heavy atom. The van der Waals surface area contributed by atoms with E-state index >= 15 is 0 Å². The number of carbonyl (C=O) groups excluding carboxylic acids is 1. The van der Waals surface area contributed by atoms with E-state index in [9.17, 15) is 4.79 Å². The Hall–Kier alpha value is -2.05. The molecule has 1 amide bonds. The van der Waals surface area contributed by atoms with Gasteiger partial charge in [-0.15, -0.1) is 0 Å². The molecule has 1 aromatic heterocycles. The lowest BCUT2D eigenvalue weighted by atomic mass is 10.4. The van der Waals surface area contributed by atoms with E-state index in [0.717, 1.165) is 5.69 Å². The summed E-state index contributed by atoms with van der Waals surface area (Å²) in [7, 11) is 0. The number of aryl methyl sites for hydroxylation is 1. The Morgan fingerprint density at radius 1 is 1.50 bits per heavy atom. The molecule has 0 aliphatic heterocycles. The summed E-state index contributed by atoms with van der Waals surface area (Å²) in [5, 5.41) is 2.92. The van der Waals surface area contributed by atoms with Crippen LogP contribution >= 0.6 is 0 Å². The van der Waals surface area contributed by atoms with Crippen LogP contribution in [0.1, 0.15) is 19.5 Å². The van der Waals surface area contributed by atoms with E-state index in [2.05, 4.69) is 20.0 Å². The Kier molecular flexibility index (Phi) is 5.16. The third kappa shape index (κ3) is 5.33. The minimum Gasteiger partial charge on any atom is -0.475 e. The highest BCUT2D eigenvalue weighted by Crippen LogP contribution is 2.13. The zero-order chi connectivity index (χ0) is 13.5. The zero-order valence-corrected chi connectivity index (χ0v) is 10.8. The van der Waals surface area contributed by atoms with Crippen LogP contribution in [-0.2, 0) is 4.74 Å². The summed E-state index contributed by atoms with van der Waals surface area (Å²) in [4.78, 5) is 18.7. The molecule has 0 spiro atoms. The van der Waals surface area contributed by atoms with E-state index in [4.69, 9.17) is 10.5 Å². The highest BCUT2D eigenvalue weighted by atomic mass is 16.5. The van der Waals surface area contributed by atoms with Gasteiger partial charge < -0.3 is 20.5 Å². The highest BCUT2D eigenvalue weighted by Gasteiger charge is 2.04. The predicted molar refractivity (Wildman–Crippen MR) is 66.6 cm³/mol. The first kappa shape index (κ1) is 14.0. The molecule has 0 atom stereocenters. The molecule has 1 rings (SSSR count). The molecular weight excluding hydrogens is 236 g/mol. The van der Waals surface area contributed by atoms with E-state index in [0.29, 0.717) is 18.4 Å². The lowest BCUT2D eigenvalue weighted by Crippen LogP contribution is -2.19. The minimum atomic E-state index is -0.800. The predicted octanol–water partition coefficient (Wildman–Crippen LogP) is 1.08. The third-order valence-electron chi connectivity index (χ3n) is 1.82. The van der Waals surface area contributed by atoms with Gasteiger partial charge in [-0.1, -0.05) is 0 Å². The van der Waals surface area contributed by atoms with Crippen molar-refractivity contribution >= 4 is 12.0 Å². The summed E-state index contributed by atoms with van der Waals surface area (Å²) >= 11 is 0. The number of carbonyl (C=O) groups is 1. The van der Waals surface area contributed by atoms with Gasteiger partial charge in [-0.25, -0.2) is 9.78 Å². The van der Waals surface area contributed by atoms with Crippen LogP contribution < -0.4 is 15.8 Å². The molecule has 3 N–H and O–H groups in total. The number of nitrogens with two attached hydrogens (primary N) is 1. The van der Waals surface area contributed by atoms with Crippen LogP contribution in [0.2, 0.25) is 0 Å². The highest BCUT2D eigenvalue weighted by molar-refractivity contribution is 5.64. The molecule has 0 aromatic carbocycles. The van der Waals surface area contributed by atoms with Gasteiger partial charge >= 0.3 is 6.09 Å². The largest absolute Gasteiger partial charge is 0.475 e. The molecule has 1 aromatic rings. The van der Waals surface area contributed by atoms with Crippen molar-refractivity contribution in [2.24, 2.45) is 5.73 Å². The number of ether oxygens (including phenoxy) is 2. The number of hydrogen-bond acceptors (Lipinski definition) is 6. The summed E-state index contributed by atoms with van der Waals surface area (Å²) in [5.41, 5.74) is 5.63. The molecule has 0 aliphatic carbocycles. The van der Waals surface area contributed by atoms with Crippen molar-refractivity contribution in [1.29, 1.82) is 0 Å². The van der Waals surface area contributed by atoms with Crippen molar-refractivity contribution in [3.63, 3.8) is 0 Å². The lowest BCUT2D eigenvalue weighted by molar-refractivity contribution is 0.161. The molecule has 18 heavy (non-hydrogen) atoms. The minimum absolute atomic E-state index is 0.0466. The molecule has 0 aliphatic rings. The van der Waals surface area contributed by atoms with Gasteiger partial charge in [0.15, 0.2) is 0 Å². The van der Waals surface area contributed by atoms with Gasteiger partial charge in [0.1, 0.15) is 6.61 Å². The van der Waals surface area contributed by atoms with E-state index in [-0.39, 0.29) is 12.7 Å². The molecule has 100 valence electrons. The van der Waals surface area contributed by atoms with Gasteiger partial charge in [-0.2, -0.15) is 4.98 Å². The van der Waals surface area contributed by atoms with Crippen molar-refractivity contribution in [3.8, 4) is 5.88 Å². The normalized spacial score (nSPS) is 10.2. The maximum absolute atomic E-state index is 10.4. The Labute approximate surface area is 106 Å². The van der Waals surface area contributed by atoms with Gasteiger partial charge in [0.05, 0.1) is 12.6 Å². The van der Waals surface area contributed by atoms with E-state index in [1.807, 2.05) is 20.8 Å². The molecule has 1 heterocycles. The summed E-state index contributed by atoms with van der Waals surface area (Å²) in [6.07, 6.45) is -0.754. The molecule has 7 nitrogen and oxygen atoms in total. The van der Waals surface area contributed by atoms with Gasteiger partial charge in [0, 0.05) is 11.8 Å². The lowest BCUT2D eigenvalue weighted by Gasteiger charge is -2.11. The van der Waals surface area contributed by atoms with Crippen LogP contribution in [0.5, 0.6) is 5.88 Å². The van der Waals surface area contributed by atoms with Crippen LogP contribution in [0.3, 0.4) is 0 Å². The number of rotatable bonds is 6. The smallest absolute Gasteiger partial charge is 0.404 e. The molecule has 0 saturated heterocycles. The molecule has 0 unspecified atom stereocenters. The summed E-state index contributed by atoms with van der Waals surface area (Å²) in [6.45, 7) is 6.23. The number of amides is 1. The second kappa shape index (κ2) is 6.63. The maximum atomic E-state index is 10.4. The van der Waals surface area contributed by atoms with Crippen LogP contribution in [0.15, 0.2) is 6.07 Å². The van der Waals surface area contributed by atoms with Crippen LogP contribution in [0, 0.1) is 6.92 Å². The Morgan fingerprint density at radius 2 is 2.22 bits per heavy atom. The van der Waals surface area contributed by atoms with Gasteiger partial charge in [-0.3, -0.25) is 0 Å². The molecule has 7 heteroatoms. The zero-order valence-electron chi connectivity index (χ0n) is 10.8. The monoisotopic (exact) mass is 254 g/mol. The van der Waals surface area contributed by atoms with E-state index in [1.54, 1.807) is 6.07 Å². The summed E-state index contributed by atoms with van der Waals surface area (Å²) in [5.74, 6) is 0.939. The van der Waals surface area contributed by atoms with Gasteiger partial charge in [0.25, 0.3) is 0 Å². The Bertz CT molecular complexity index is 409. The summed E-state index contributed by atoms with van der Waals surface area (Å²) < 4.78 is 10.1. The average Bonchev–Trinajstić information content (AvgIpc) is 2.22. The Balaban J connectivity index is 2.54. The maximum Gasteiger partial charge on any atom is 0.404 e. The van der Waals surface area contributed by atoms with E-state index < -0.39 is 6.09 Å². The van der Waals surface area contributed by atoms with Crippen molar-refractivity contribution in [3.05, 3.63) is 11.8 Å². The molecule has 0 fully saturated rings. The first-order valence-corrected chi connectivity index (χ1v) is 5.66. The SMILES string of the molecule is Cc1cc(OC(C)C)nc(NCCOC(N)=O)n1. The fraction of sp³-hybridized carbons (Fsp3) is 0.545. The van der Waals surface area contributed by atoms with Crippen LogP contribution in [0.4, 0.5) is 10.7 Å². The number of nitrogens with zero attached hydrogens (tertiary/aromatic N) is 2. The second-order valence-electron chi connectivity index (χ2n) is 3.93. The van der Waals surface area contributed by atoms with Crippen LogP contribution in [0.25, 0.3) is 0 Å². The van der Waals surface area contributed by atoms with Gasteiger partial charge in [0.2, 0.25) is 11.8 Å². The molecular formula is C11H18N4O3. The van der Waals surface area contributed by atoms with Gasteiger partial charge in [-0.05, 0) is 20.8 Å². The molecule has 0 radical (unpaired) electrons. The fourth-order valence-electron chi connectivity index (χ4n) is 1.24. The van der Waals surface area contributed by atoms with Crippen molar-refractivity contribution in [2.75, 3.05) is 18.5 Å². The summed E-state index contributed by atoms with van der Waals surface area (Å²) in [6, 6.07) is 1.76. The number of anilines is 1. The molecule has 0 bridgehead atoms. The number of nitrogens with one attached hydrogen (secondary N) is 1. The van der Waals surface area contributed by atoms with Crippen molar-refractivity contribution < 1.29 is 14.3 Å². The average molecular weight is 254 g/mol. The fourth-order valence-corrected chi connectivity index (χ4v) is 1.24. The second-order valence-corrected chi connectivity index (χ2v) is 3.93. The standard InChI is InChI=1S/C11H18N4O3/c1-7(2)18-9-6-8(3)14-11(15-9)13-4-5-17-10(12)16/h6-7H,4-5H2,1-3H3,(H2,12,16)(H,13,14,15). The third-order valence-corrected chi connectivity index (χ3v) is 1.82.